The molecular weight excluding hydrogens is 162 g/mol. The molecule has 13 heavy (non-hydrogen) atoms. The molecular formula is C10H19N3. The van der Waals surface area contributed by atoms with E-state index in [1.807, 2.05) is 13.2 Å². The second-order valence-electron chi connectivity index (χ2n) is 3.87. The molecule has 1 aromatic rings. The summed E-state index contributed by atoms with van der Waals surface area (Å²) >= 11 is 0. The van der Waals surface area contributed by atoms with Crippen LogP contribution in [0.4, 0.5) is 0 Å². The Morgan fingerprint density at radius 2 is 2.23 bits per heavy atom. The van der Waals surface area contributed by atoms with Crippen LogP contribution in [-0.4, -0.2) is 23.4 Å². The SMILES string of the molecule is CNCC(C(C)C)n1cc(C)cn1. The molecule has 1 unspecified atom stereocenters. The summed E-state index contributed by atoms with van der Waals surface area (Å²) in [7, 11) is 1.98. The number of nitrogens with one attached hydrogen (secondary N) is 1. The van der Waals surface area contributed by atoms with Crippen molar-refractivity contribution in [1.29, 1.82) is 0 Å². The third-order valence-electron chi connectivity index (χ3n) is 2.25. The quantitative estimate of drug-likeness (QED) is 0.764. The Morgan fingerprint density at radius 3 is 2.62 bits per heavy atom. The number of likely N-dealkylation sites (N-methyl/N-ethyl adjacent to an activating group) is 1. The van der Waals surface area contributed by atoms with Crippen molar-refractivity contribution in [3.63, 3.8) is 0 Å². The van der Waals surface area contributed by atoms with E-state index in [9.17, 15) is 0 Å². The first kappa shape index (κ1) is 10.3. The van der Waals surface area contributed by atoms with E-state index in [0.29, 0.717) is 12.0 Å². The van der Waals surface area contributed by atoms with E-state index >= 15 is 0 Å². The van der Waals surface area contributed by atoms with Crippen LogP contribution in [0.2, 0.25) is 0 Å². The van der Waals surface area contributed by atoms with E-state index in [4.69, 9.17) is 0 Å². The molecule has 1 rings (SSSR count). The Labute approximate surface area is 80.1 Å². The van der Waals surface area contributed by atoms with Crippen LogP contribution in [0.15, 0.2) is 12.4 Å². The molecule has 3 heteroatoms. The lowest BCUT2D eigenvalue weighted by Crippen LogP contribution is -2.26. The summed E-state index contributed by atoms with van der Waals surface area (Å²) in [6, 6.07) is 0.457. The highest BCUT2D eigenvalue weighted by molar-refractivity contribution is 5.00. The Balaban J connectivity index is 2.75. The van der Waals surface area contributed by atoms with Crippen LogP contribution in [0.3, 0.4) is 0 Å². The zero-order valence-electron chi connectivity index (χ0n) is 8.91. The number of rotatable bonds is 4. The van der Waals surface area contributed by atoms with Gasteiger partial charge in [-0.05, 0) is 25.5 Å². The molecule has 1 N–H and O–H groups in total. The molecule has 0 radical (unpaired) electrons. The topological polar surface area (TPSA) is 29.9 Å². The van der Waals surface area contributed by atoms with Gasteiger partial charge in [-0.1, -0.05) is 13.8 Å². The smallest absolute Gasteiger partial charge is 0.0666 e. The summed E-state index contributed by atoms with van der Waals surface area (Å²) in [6.45, 7) is 7.48. The monoisotopic (exact) mass is 181 g/mol. The van der Waals surface area contributed by atoms with Crippen LogP contribution in [-0.2, 0) is 0 Å². The van der Waals surface area contributed by atoms with Crippen molar-refractivity contribution < 1.29 is 0 Å². The molecule has 0 saturated carbocycles. The van der Waals surface area contributed by atoms with Crippen molar-refractivity contribution in [2.24, 2.45) is 5.92 Å². The summed E-state index contributed by atoms with van der Waals surface area (Å²) in [4.78, 5) is 0. The molecule has 0 fully saturated rings. The van der Waals surface area contributed by atoms with Gasteiger partial charge in [0.05, 0.1) is 12.2 Å². The molecule has 1 atom stereocenters. The lowest BCUT2D eigenvalue weighted by Gasteiger charge is -2.20. The average molecular weight is 181 g/mol. The maximum absolute atomic E-state index is 4.33. The minimum atomic E-state index is 0.457. The summed E-state index contributed by atoms with van der Waals surface area (Å²) in [5, 5.41) is 7.53. The molecule has 1 aromatic heterocycles. The second kappa shape index (κ2) is 4.42. The van der Waals surface area contributed by atoms with Crippen LogP contribution < -0.4 is 5.32 Å². The molecule has 0 aliphatic rings. The van der Waals surface area contributed by atoms with Crippen molar-refractivity contribution >= 4 is 0 Å². The zero-order valence-corrected chi connectivity index (χ0v) is 8.91. The fourth-order valence-corrected chi connectivity index (χ4v) is 1.46. The van der Waals surface area contributed by atoms with Gasteiger partial charge in [-0.25, -0.2) is 0 Å². The predicted molar refractivity (Wildman–Crippen MR) is 54.8 cm³/mol. The third-order valence-corrected chi connectivity index (χ3v) is 2.25. The van der Waals surface area contributed by atoms with Crippen molar-refractivity contribution in [2.45, 2.75) is 26.8 Å². The molecule has 0 aliphatic carbocycles. The first-order valence-corrected chi connectivity index (χ1v) is 4.80. The molecule has 0 aromatic carbocycles. The van der Waals surface area contributed by atoms with Gasteiger partial charge in [-0.15, -0.1) is 0 Å². The van der Waals surface area contributed by atoms with E-state index in [2.05, 4.69) is 42.1 Å². The molecule has 0 spiro atoms. The lowest BCUT2D eigenvalue weighted by atomic mass is 10.1. The van der Waals surface area contributed by atoms with Gasteiger partial charge < -0.3 is 5.32 Å². The van der Waals surface area contributed by atoms with Gasteiger partial charge in [-0.2, -0.15) is 5.10 Å². The lowest BCUT2D eigenvalue weighted by molar-refractivity contribution is 0.337. The summed E-state index contributed by atoms with van der Waals surface area (Å²) < 4.78 is 2.05. The number of aromatic nitrogens is 2. The van der Waals surface area contributed by atoms with E-state index in [1.54, 1.807) is 0 Å². The van der Waals surface area contributed by atoms with Crippen LogP contribution >= 0.6 is 0 Å². The average Bonchev–Trinajstić information content (AvgIpc) is 2.46. The maximum Gasteiger partial charge on any atom is 0.0666 e. The molecule has 74 valence electrons. The Morgan fingerprint density at radius 1 is 1.54 bits per heavy atom. The number of hydrogen-bond donors (Lipinski definition) is 1. The van der Waals surface area contributed by atoms with Gasteiger partial charge >= 0.3 is 0 Å². The molecule has 3 nitrogen and oxygen atoms in total. The number of nitrogens with zero attached hydrogens (tertiary/aromatic N) is 2. The molecule has 0 bridgehead atoms. The highest BCUT2D eigenvalue weighted by atomic mass is 15.3. The maximum atomic E-state index is 4.33. The highest BCUT2D eigenvalue weighted by Gasteiger charge is 2.14. The standard InChI is InChI=1S/C10H19N3/c1-8(2)10(6-11-4)13-7-9(3)5-12-13/h5,7-8,10-11H,6H2,1-4H3. The third kappa shape index (κ3) is 2.56. The zero-order chi connectivity index (χ0) is 9.84. The minimum absolute atomic E-state index is 0.457. The van der Waals surface area contributed by atoms with Crippen molar-refractivity contribution in [2.75, 3.05) is 13.6 Å². The van der Waals surface area contributed by atoms with Crippen LogP contribution in [0.5, 0.6) is 0 Å². The minimum Gasteiger partial charge on any atom is -0.318 e. The Hall–Kier alpha value is -0.830. The predicted octanol–water partition coefficient (Wildman–Crippen LogP) is 1.61. The van der Waals surface area contributed by atoms with E-state index in [-0.39, 0.29) is 0 Å². The van der Waals surface area contributed by atoms with Gasteiger partial charge in [0.25, 0.3) is 0 Å². The van der Waals surface area contributed by atoms with Crippen molar-refractivity contribution in [1.82, 2.24) is 15.1 Å². The van der Waals surface area contributed by atoms with E-state index in [1.165, 1.54) is 5.56 Å². The van der Waals surface area contributed by atoms with Gasteiger partial charge in [-0.3, -0.25) is 4.68 Å². The largest absolute Gasteiger partial charge is 0.318 e. The van der Waals surface area contributed by atoms with Gasteiger partial charge in [0, 0.05) is 12.7 Å². The van der Waals surface area contributed by atoms with Crippen molar-refractivity contribution in [3.8, 4) is 0 Å². The van der Waals surface area contributed by atoms with Crippen LogP contribution in [0, 0.1) is 12.8 Å². The molecule has 0 aliphatic heterocycles. The summed E-state index contributed by atoms with van der Waals surface area (Å²) in [5.41, 5.74) is 1.22. The fraction of sp³-hybridized carbons (Fsp3) is 0.700. The normalized spacial score (nSPS) is 13.6. The summed E-state index contributed by atoms with van der Waals surface area (Å²) in [6.07, 6.45) is 4.01. The first-order chi connectivity index (χ1) is 6.15. The fourth-order valence-electron chi connectivity index (χ4n) is 1.46. The molecule has 1 heterocycles. The number of aryl methyl sites for hydroxylation is 1. The van der Waals surface area contributed by atoms with Gasteiger partial charge in [0.1, 0.15) is 0 Å². The van der Waals surface area contributed by atoms with Gasteiger partial charge in [0.15, 0.2) is 0 Å². The molecule has 0 saturated heterocycles. The van der Waals surface area contributed by atoms with Crippen molar-refractivity contribution in [3.05, 3.63) is 18.0 Å². The van der Waals surface area contributed by atoms with Crippen LogP contribution in [0.1, 0.15) is 25.5 Å². The Kier molecular flexibility index (Phi) is 3.48. The van der Waals surface area contributed by atoms with E-state index < -0.39 is 0 Å². The van der Waals surface area contributed by atoms with Gasteiger partial charge in [0.2, 0.25) is 0 Å². The summed E-state index contributed by atoms with van der Waals surface area (Å²) in [5.74, 6) is 0.603. The number of hydrogen-bond acceptors (Lipinski definition) is 2. The second-order valence-corrected chi connectivity index (χ2v) is 3.87. The highest BCUT2D eigenvalue weighted by Crippen LogP contribution is 2.15. The van der Waals surface area contributed by atoms with Crippen LogP contribution in [0.25, 0.3) is 0 Å². The van der Waals surface area contributed by atoms with E-state index in [0.717, 1.165) is 6.54 Å². The Bertz CT molecular complexity index is 252. The first-order valence-electron chi connectivity index (χ1n) is 4.80. The molecule has 0 amide bonds.